The maximum Gasteiger partial charge on any atom is 0.308 e. The summed E-state index contributed by atoms with van der Waals surface area (Å²) in [7, 11) is 0. The minimum absolute atomic E-state index is 0.335. The van der Waals surface area contributed by atoms with Crippen LogP contribution in [0, 0.1) is 5.92 Å². The van der Waals surface area contributed by atoms with Crippen molar-refractivity contribution in [1.82, 2.24) is 5.32 Å². The van der Waals surface area contributed by atoms with E-state index < -0.39 is 17.9 Å². The van der Waals surface area contributed by atoms with Gasteiger partial charge in [0.05, 0.1) is 18.6 Å². The third-order valence-electron chi connectivity index (χ3n) is 3.74. The van der Waals surface area contributed by atoms with Gasteiger partial charge in [0, 0.05) is 5.56 Å². The molecule has 126 valence electrons. The van der Waals surface area contributed by atoms with Gasteiger partial charge in [0.15, 0.2) is 0 Å². The average Bonchev–Trinajstić information content (AvgIpc) is 2.60. The van der Waals surface area contributed by atoms with E-state index in [1.807, 2.05) is 25.1 Å². The molecular weight excluding hydrogens is 306 g/mol. The van der Waals surface area contributed by atoms with E-state index in [0.29, 0.717) is 17.9 Å². The molecule has 5 nitrogen and oxygen atoms in total. The van der Waals surface area contributed by atoms with E-state index in [9.17, 15) is 14.7 Å². The molecule has 1 amide bonds. The van der Waals surface area contributed by atoms with Crippen LogP contribution in [0.3, 0.4) is 0 Å². The lowest BCUT2D eigenvalue weighted by atomic mass is 9.94. The molecule has 2 aromatic carbocycles. The number of carbonyl (C=O) groups excluding carboxylic acids is 1. The van der Waals surface area contributed by atoms with Gasteiger partial charge in [-0.25, -0.2) is 0 Å². The van der Waals surface area contributed by atoms with E-state index in [0.717, 1.165) is 5.56 Å². The Hall–Kier alpha value is -2.82. The average molecular weight is 327 g/mol. The molecule has 2 rings (SSSR count). The van der Waals surface area contributed by atoms with Gasteiger partial charge in [-0.2, -0.15) is 0 Å². The van der Waals surface area contributed by atoms with Crippen LogP contribution in [-0.2, 0) is 4.79 Å². The van der Waals surface area contributed by atoms with Crippen LogP contribution in [0.5, 0.6) is 5.75 Å². The third-order valence-corrected chi connectivity index (χ3v) is 3.74. The van der Waals surface area contributed by atoms with Crippen LogP contribution in [0.15, 0.2) is 54.6 Å². The summed E-state index contributed by atoms with van der Waals surface area (Å²) >= 11 is 0. The number of rotatable bonds is 7. The first-order valence-corrected chi connectivity index (χ1v) is 7.84. The molecule has 0 aromatic heterocycles. The highest BCUT2D eigenvalue weighted by Crippen LogP contribution is 2.23. The molecule has 0 saturated carbocycles. The smallest absolute Gasteiger partial charge is 0.308 e. The van der Waals surface area contributed by atoms with E-state index in [2.05, 4.69) is 5.32 Å². The summed E-state index contributed by atoms with van der Waals surface area (Å²) in [6.07, 6.45) is 0. The SMILES string of the molecule is CCOc1cccc(C(=O)NC(c2ccccc2)C(C)C(=O)O)c1. The number of nitrogens with one attached hydrogen (secondary N) is 1. The number of aliphatic carboxylic acids is 1. The van der Waals surface area contributed by atoms with Gasteiger partial charge in [0.1, 0.15) is 5.75 Å². The molecule has 0 aliphatic carbocycles. The molecule has 2 unspecified atom stereocenters. The van der Waals surface area contributed by atoms with Crippen LogP contribution in [0.1, 0.15) is 35.8 Å². The highest BCUT2D eigenvalue weighted by Gasteiger charge is 2.27. The van der Waals surface area contributed by atoms with Gasteiger partial charge in [-0.3, -0.25) is 9.59 Å². The van der Waals surface area contributed by atoms with Crippen molar-refractivity contribution >= 4 is 11.9 Å². The lowest BCUT2D eigenvalue weighted by Crippen LogP contribution is -2.35. The largest absolute Gasteiger partial charge is 0.494 e. The molecule has 0 radical (unpaired) electrons. The maximum atomic E-state index is 12.6. The summed E-state index contributed by atoms with van der Waals surface area (Å²) in [4.78, 5) is 24.0. The number of ether oxygens (including phenoxy) is 1. The maximum absolute atomic E-state index is 12.6. The summed E-state index contributed by atoms with van der Waals surface area (Å²) in [6, 6.07) is 15.3. The topological polar surface area (TPSA) is 75.6 Å². The quantitative estimate of drug-likeness (QED) is 0.818. The van der Waals surface area contributed by atoms with Gasteiger partial charge in [-0.15, -0.1) is 0 Å². The second-order valence-electron chi connectivity index (χ2n) is 5.45. The van der Waals surface area contributed by atoms with Crippen molar-refractivity contribution in [3.63, 3.8) is 0 Å². The molecule has 0 bridgehead atoms. The van der Waals surface area contributed by atoms with Gasteiger partial charge in [0.2, 0.25) is 0 Å². The normalized spacial score (nSPS) is 12.9. The lowest BCUT2D eigenvalue weighted by Gasteiger charge is -2.23. The minimum atomic E-state index is -0.966. The van der Waals surface area contributed by atoms with Gasteiger partial charge in [-0.05, 0) is 37.6 Å². The predicted octanol–water partition coefficient (Wildman–Crippen LogP) is 3.28. The second-order valence-corrected chi connectivity index (χ2v) is 5.45. The van der Waals surface area contributed by atoms with E-state index in [1.54, 1.807) is 43.3 Å². The lowest BCUT2D eigenvalue weighted by molar-refractivity contribution is -0.142. The van der Waals surface area contributed by atoms with Gasteiger partial charge in [-0.1, -0.05) is 36.4 Å². The van der Waals surface area contributed by atoms with Crippen molar-refractivity contribution in [2.45, 2.75) is 19.9 Å². The number of benzene rings is 2. The fraction of sp³-hybridized carbons (Fsp3) is 0.263. The van der Waals surface area contributed by atoms with Crippen molar-refractivity contribution in [3.8, 4) is 5.75 Å². The minimum Gasteiger partial charge on any atom is -0.494 e. The Bertz CT molecular complexity index is 700. The molecule has 0 saturated heterocycles. The van der Waals surface area contributed by atoms with Crippen LogP contribution < -0.4 is 10.1 Å². The van der Waals surface area contributed by atoms with Crippen LogP contribution in [0.2, 0.25) is 0 Å². The summed E-state index contributed by atoms with van der Waals surface area (Å²) in [6.45, 7) is 3.96. The van der Waals surface area contributed by atoms with Crippen LogP contribution in [0.25, 0.3) is 0 Å². The first-order valence-electron chi connectivity index (χ1n) is 7.84. The van der Waals surface area contributed by atoms with E-state index in [-0.39, 0.29) is 5.91 Å². The predicted molar refractivity (Wildman–Crippen MR) is 91.1 cm³/mol. The summed E-state index contributed by atoms with van der Waals surface area (Å²) < 4.78 is 5.40. The molecule has 2 aromatic rings. The van der Waals surface area contributed by atoms with Crippen molar-refractivity contribution in [3.05, 3.63) is 65.7 Å². The summed E-state index contributed by atoms with van der Waals surface area (Å²) in [5.74, 6) is -1.45. The fourth-order valence-electron chi connectivity index (χ4n) is 2.42. The number of carboxylic acid groups (broad SMARTS) is 1. The standard InChI is InChI=1S/C19H21NO4/c1-3-24-16-11-7-10-15(12-16)18(21)20-17(13(2)19(22)23)14-8-5-4-6-9-14/h4-13,17H,3H2,1-2H3,(H,20,21)(H,22,23). The highest BCUT2D eigenvalue weighted by molar-refractivity contribution is 5.95. The molecule has 24 heavy (non-hydrogen) atoms. The third kappa shape index (κ3) is 4.35. The van der Waals surface area contributed by atoms with Crippen LogP contribution >= 0.6 is 0 Å². The fourth-order valence-corrected chi connectivity index (χ4v) is 2.42. The molecule has 0 heterocycles. The van der Waals surface area contributed by atoms with Crippen LogP contribution in [-0.4, -0.2) is 23.6 Å². The zero-order valence-corrected chi connectivity index (χ0v) is 13.7. The highest BCUT2D eigenvalue weighted by atomic mass is 16.5. The Labute approximate surface area is 141 Å². The van der Waals surface area contributed by atoms with Crippen LogP contribution in [0.4, 0.5) is 0 Å². The molecule has 2 atom stereocenters. The molecule has 0 aliphatic rings. The summed E-state index contributed by atoms with van der Waals surface area (Å²) in [5, 5.41) is 12.2. The zero-order valence-electron chi connectivity index (χ0n) is 13.7. The van der Waals surface area contributed by atoms with E-state index in [4.69, 9.17) is 4.74 Å². The van der Waals surface area contributed by atoms with Gasteiger partial charge < -0.3 is 15.2 Å². The van der Waals surface area contributed by atoms with Crippen molar-refractivity contribution in [1.29, 1.82) is 0 Å². The molecule has 0 aliphatic heterocycles. The van der Waals surface area contributed by atoms with Crippen molar-refractivity contribution in [2.24, 2.45) is 5.92 Å². The number of carboxylic acids is 1. The molecule has 5 heteroatoms. The molecular formula is C19H21NO4. The first-order chi connectivity index (χ1) is 11.5. The van der Waals surface area contributed by atoms with Crippen molar-refractivity contribution in [2.75, 3.05) is 6.61 Å². The molecule has 2 N–H and O–H groups in total. The Morgan fingerprint density at radius 3 is 2.46 bits per heavy atom. The Morgan fingerprint density at radius 2 is 1.83 bits per heavy atom. The second kappa shape index (κ2) is 8.15. The number of hydrogen-bond donors (Lipinski definition) is 2. The molecule has 0 spiro atoms. The number of carbonyl (C=O) groups is 2. The first kappa shape index (κ1) is 17.5. The summed E-state index contributed by atoms with van der Waals surface area (Å²) in [5.41, 5.74) is 1.18. The van der Waals surface area contributed by atoms with Gasteiger partial charge in [0.25, 0.3) is 5.91 Å². The number of amides is 1. The Balaban J connectivity index is 2.24. The number of hydrogen-bond acceptors (Lipinski definition) is 3. The van der Waals surface area contributed by atoms with Gasteiger partial charge >= 0.3 is 5.97 Å². The Morgan fingerprint density at radius 1 is 1.12 bits per heavy atom. The monoisotopic (exact) mass is 327 g/mol. The molecule has 0 fully saturated rings. The van der Waals surface area contributed by atoms with E-state index >= 15 is 0 Å². The van der Waals surface area contributed by atoms with E-state index in [1.165, 1.54) is 0 Å². The van der Waals surface area contributed by atoms with Crippen molar-refractivity contribution < 1.29 is 19.4 Å². The Kier molecular flexibility index (Phi) is 5.95. The zero-order chi connectivity index (χ0) is 17.5.